The van der Waals surface area contributed by atoms with Crippen LogP contribution in [0, 0.1) is 0 Å². The molecule has 1 aliphatic heterocycles. The number of likely N-dealkylation sites (tertiary alicyclic amines) is 1. The van der Waals surface area contributed by atoms with Gasteiger partial charge in [-0.25, -0.2) is 0 Å². The number of hydrogen-bond donors (Lipinski definition) is 0. The molecule has 4 rings (SSSR count). The van der Waals surface area contributed by atoms with Crippen LogP contribution in [0.3, 0.4) is 0 Å². The fraction of sp³-hybridized carbons (Fsp3) is 0.375. The van der Waals surface area contributed by atoms with Crippen LogP contribution in [0.4, 0.5) is 0 Å². The zero-order chi connectivity index (χ0) is 22.5. The van der Waals surface area contributed by atoms with Gasteiger partial charge in [-0.05, 0) is 55.8 Å². The van der Waals surface area contributed by atoms with E-state index in [4.69, 9.17) is 14.0 Å². The lowest BCUT2D eigenvalue weighted by Crippen LogP contribution is -2.26. The SMILES string of the molecule is COc1ccc(-c2noc(CN(C)C(=O)c3ccc(CN4CCCC4)cc3)n2)c(OC)c1. The summed E-state index contributed by atoms with van der Waals surface area (Å²) in [7, 11) is 4.88. The third-order valence-corrected chi connectivity index (χ3v) is 5.64. The third kappa shape index (κ3) is 4.91. The van der Waals surface area contributed by atoms with Gasteiger partial charge >= 0.3 is 0 Å². The van der Waals surface area contributed by atoms with E-state index in [1.165, 1.54) is 18.4 Å². The molecule has 8 nitrogen and oxygen atoms in total. The molecular weight excluding hydrogens is 408 g/mol. The summed E-state index contributed by atoms with van der Waals surface area (Å²) in [5.41, 5.74) is 2.54. The number of methoxy groups -OCH3 is 2. The first-order valence-electron chi connectivity index (χ1n) is 10.7. The molecule has 1 amide bonds. The van der Waals surface area contributed by atoms with Crippen LogP contribution in [0.15, 0.2) is 47.0 Å². The number of carbonyl (C=O) groups excluding carboxylic acids is 1. The van der Waals surface area contributed by atoms with E-state index in [-0.39, 0.29) is 12.5 Å². The van der Waals surface area contributed by atoms with Gasteiger partial charge in [-0.3, -0.25) is 9.69 Å². The van der Waals surface area contributed by atoms with Crippen LogP contribution in [-0.2, 0) is 13.1 Å². The molecule has 32 heavy (non-hydrogen) atoms. The van der Waals surface area contributed by atoms with Crippen molar-refractivity contribution < 1.29 is 18.8 Å². The van der Waals surface area contributed by atoms with Crippen LogP contribution in [-0.4, -0.2) is 60.2 Å². The second-order valence-electron chi connectivity index (χ2n) is 7.92. The van der Waals surface area contributed by atoms with Gasteiger partial charge in [0.15, 0.2) is 0 Å². The molecule has 0 N–H and O–H groups in total. The van der Waals surface area contributed by atoms with Crippen LogP contribution in [0.2, 0.25) is 0 Å². The van der Waals surface area contributed by atoms with E-state index in [9.17, 15) is 4.79 Å². The first-order valence-corrected chi connectivity index (χ1v) is 10.7. The van der Waals surface area contributed by atoms with Gasteiger partial charge in [0.05, 0.1) is 26.3 Å². The highest BCUT2D eigenvalue weighted by atomic mass is 16.5. The summed E-state index contributed by atoms with van der Waals surface area (Å²) in [4.78, 5) is 21.3. The predicted molar refractivity (Wildman–Crippen MR) is 120 cm³/mol. The Balaban J connectivity index is 1.40. The Labute approximate surface area is 187 Å². The molecule has 0 radical (unpaired) electrons. The Morgan fingerprint density at radius 1 is 1.09 bits per heavy atom. The van der Waals surface area contributed by atoms with Gasteiger partial charge in [0.25, 0.3) is 5.91 Å². The van der Waals surface area contributed by atoms with Crippen molar-refractivity contribution in [1.82, 2.24) is 19.9 Å². The number of benzene rings is 2. The summed E-state index contributed by atoms with van der Waals surface area (Å²) < 4.78 is 16.0. The standard InChI is InChI=1S/C24H28N4O4/c1-27(24(29)18-8-6-17(7-9-18)15-28-12-4-5-13-28)16-22-25-23(26-32-22)20-11-10-19(30-2)14-21(20)31-3/h6-11,14H,4-5,12-13,15-16H2,1-3H3. The van der Waals surface area contributed by atoms with Crippen molar-refractivity contribution in [2.24, 2.45) is 0 Å². The van der Waals surface area contributed by atoms with Crippen molar-refractivity contribution in [3.8, 4) is 22.9 Å². The molecule has 3 aromatic rings. The monoisotopic (exact) mass is 436 g/mol. The fourth-order valence-electron chi connectivity index (χ4n) is 3.86. The molecule has 2 heterocycles. The molecule has 0 spiro atoms. The topological polar surface area (TPSA) is 80.9 Å². The maximum atomic E-state index is 12.8. The van der Waals surface area contributed by atoms with Gasteiger partial charge in [-0.2, -0.15) is 4.98 Å². The highest BCUT2D eigenvalue weighted by Crippen LogP contribution is 2.31. The zero-order valence-electron chi connectivity index (χ0n) is 18.7. The van der Waals surface area contributed by atoms with Crippen molar-refractivity contribution in [3.05, 3.63) is 59.5 Å². The number of aromatic nitrogens is 2. The van der Waals surface area contributed by atoms with Crippen molar-refractivity contribution in [2.45, 2.75) is 25.9 Å². The maximum absolute atomic E-state index is 12.8. The van der Waals surface area contributed by atoms with Crippen LogP contribution in [0.25, 0.3) is 11.4 Å². The summed E-state index contributed by atoms with van der Waals surface area (Å²) in [5.74, 6) is 1.90. The lowest BCUT2D eigenvalue weighted by molar-refractivity contribution is 0.0769. The molecule has 0 saturated carbocycles. The molecule has 0 atom stereocenters. The minimum Gasteiger partial charge on any atom is -0.497 e. The number of carbonyl (C=O) groups is 1. The quantitative estimate of drug-likeness (QED) is 0.533. The Hall–Kier alpha value is -3.39. The lowest BCUT2D eigenvalue weighted by atomic mass is 10.1. The molecular formula is C24H28N4O4. The molecule has 0 unspecified atom stereocenters. The number of amides is 1. The lowest BCUT2D eigenvalue weighted by Gasteiger charge is -2.16. The molecule has 168 valence electrons. The Bertz CT molecular complexity index is 1060. The average Bonchev–Trinajstić information content (AvgIpc) is 3.51. The van der Waals surface area contributed by atoms with Gasteiger partial charge in [0.1, 0.15) is 11.5 Å². The minimum atomic E-state index is -0.0977. The normalized spacial score (nSPS) is 13.8. The van der Waals surface area contributed by atoms with Crippen molar-refractivity contribution in [2.75, 3.05) is 34.4 Å². The third-order valence-electron chi connectivity index (χ3n) is 5.64. The maximum Gasteiger partial charge on any atom is 0.254 e. The predicted octanol–water partition coefficient (Wildman–Crippen LogP) is 3.62. The second kappa shape index (κ2) is 9.82. The van der Waals surface area contributed by atoms with E-state index in [0.717, 1.165) is 19.6 Å². The number of nitrogens with zero attached hydrogens (tertiary/aromatic N) is 4. The minimum absolute atomic E-state index is 0.0977. The van der Waals surface area contributed by atoms with Crippen LogP contribution >= 0.6 is 0 Å². The number of hydrogen-bond acceptors (Lipinski definition) is 7. The first kappa shape index (κ1) is 21.8. The van der Waals surface area contributed by atoms with E-state index in [2.05, 4.69) is 15.0 Å². The Morgan fingerprint density at radius 3 is 2.53 bits per heavy atom. The highest BCUT2D eigenvalue weighted by molar-refractivity contribution is 5.94. The Kier molecular flexibility index (Phi) is 6.70. The Morgan fingerprint density at radius 2 is 1.84 bits per heavy atom. The second-order valence-corrected chi connectivity index (χ2v) is 7.92. The van der Waals surface area contributed by atoms with Gasteiger partial charge in [-0.15, -0.1) is 0 Å². The summed E-state index contributed by atoms with van der Waals surface area (Å²) in [5, 5.41) is 4.05. The number of ether oxygens (including phenoxy) is 2. The van der Waals surface area contributed by atoms with E-state index in [1.54, 1.807) is 38.3 Å². The number of rotatable bonds is 8. The van der Waals surface area contributed by atoms with E-state index in [1.807, 2.05) is 30.3 Å². The average molecular weight is 437 g/mol. The zero-order valence-corrected chi connectivity index (χ0v) is 18.7. The smallest absolute Gasteiger partial charge is 0.254 e. The van der Waals surface area contributed by atoms with Crippen molar-refractivity contribution in [3.63, 3.8) is 0 Å². The van der Waals surface area contributed by atoms with Crippen LogP contribution in [0.1, 0.15) is 34.7 Å². The highest BCUT2D eigenvalue weighted by Gasteiger charge is 2.19. The molecule has 1 saturated heterocycles. The van der Waals surface area contributed by atoms with Gasteiger partial charge in [0.2, 0.25) is 11.7 Å². The molecule has 0 aliphatic carbocycles. The summed E-state index contributed by atoms with van der Waals surface area (Å²) in [6, 6.07) is 13.2. The summed E-state index contributed by atoms with van der Waals surface area (Å²) in [6.07, 6.45) is 2.54. The van der Waals surface area contributed by atoms with Crippen molar-refractivity contribution >= 4 is 5.91 Å². The van der Waals surface area contributed by atoms with Gasteiger partial charge in [0, 0.05) is 25.2 Å². The molecule has 1 aromatic heterocycles. The van der Waals surface area contributed by atoms with E-state index in [0.29, 0.717) is 34.3 Å². The molecule has 0 bridgehead atoms. The molecule has 2 aromatic carbocycles. The first-order chi connectivity index (χ1) is 15.6. The van der Waals surface area contributed by atoms with Gasteiger partial charge < -0.3 is 18.9 Å². The molecule has 1 fully saturated rings. The van der Waals surface area contributed by atoms with E-state index >= 15 is 0 Å². The largest absolute Gasteiger partial charge is 0.497 e. The van der Waals surface area contributed by atoms with E-state index < -0.39 is 0 Å². The fourth-order valence-corrected chi connectivity index (χ4v) is 3.86. The van der Waals surface area contributed by atoms with Crippen LogP contribution < -0.4 is 9.47 Å². The van der Waals surface area contributed by atoms with Crippen molar-refractivity contribution in [1.29, 1.82) is 0 Å². The van der Waals surface area contributed by atoms with Gasteiger partial charge in [-0.1, -0.05) is 17.3 Å². The molecule has 8 heteroatoms. The van der Waals surface area contributed by atoms with Crippen LogP contribution in [0.5, 0.6) is 11.5 Å². The summed E-state index contributed by atoms with van der Waals surface area (Å²) in [6.45, 7) is 3.44. The molecule has 1 aliphatic rings. The summed E-state index contributed by atoms with van der Waals surface area (Å²) >= 11 is 0.